The zero-order chi connectivity index (χ0) is 15.3. The SMILES string of the molecule is Cc1sc2nc(C(C)OC(=O)C3CC3C)[nH]c(=O)c2c1C. The third-order valence-electron chi connectivity index (χ3n) is 4.15. The number of aromatic amines is 1. The van der Waals surface area contributed by atoms with Crippen LogP contribution in [-0.4, -0.2) is 15.9 Å². The quantitative estimate of drug-likeness (QED) is 0.885. The summed E-state index contributed by atoms with van der Waals surface area (Å²) >= 11 is 1.49. The number of nitrogens with one attached hydrogen (secondary N) is 1. The first-order chi connectivity index (χ1) is 9.88. The van der Waals surface area contributed by atoms with Crippen molar-refractivity contribution in [3.8, 4) is 0 Å². The van der Waals surface area contributed by atoms with Gasteiger partial charge in [0, 0.05) is 4.88 Å². The molecule has 1 aliphatic carbocycles. The maximum Gasteiger partial charge on any atom is 0.309 e. The molecule has 2 heterocycles. The van der Waals surface area contributed by atoms with E-state index in [4.69, 9.17) is 4.74 Å². The second-order valence-corrected chi connectivity index (χ2v) is 7.02. The second-order valence-electron chi connectivity index (χ2n) is 5.81. The molecule has 3 rings (SSSR count). The van der Waals surface area contributed by atoms with Crippen molar-refractivity contribution in [1.29, 1.82) is 0 Å². The van der Waals surface area contributed by atoms with Gasteiger partial charge in [0.2, 0.25) is 0 Å². The van der Waals surface area contributed by atoms with Crippen molar-refractivity contribution in [2.75, 3.05) is 0 Å². The van der Waals surface area contributed by atoms with Crippen molar-refractivity contribution in [2.24, 2.45) is 11.8 Å². The first-order valence-corrected chi connectivity index (χ1v) is 7.90. The molecule has 3 atom stereocenters. The fourth-order valence-electron chi connectivity index (χ4n) is 2.43. The zero-order valence-corrected chi connectivity index (χ0v) is 13.3. The Kier molecular flexibility index (Phi) is 3.36. The van der Waals surface area contributed by atoms with E-state index in [0.717, 1.165) is 16.9 Å². The van der Waals surface area contributed by atoms with Crippen molar-refractivity contribution >= 4 is 27.5 Å². The lowest BCUT2D eigenvalue weighted by atomic mass is 10.2. The largest absolute Gasteiger partial charge is 0.454 e. The molecule has 0 aromatic carbocycles. The Morgan fingerprint density at radius 2 is 2.14 bits per heavy atom. The fraction of sp³-hybridized carbons (Fsp3) is 0.533. The van der Waals surface area contributed by atoms with Gasteiger partial charge in [-0.2, -0.15) is 0 Å². The van der Waals surface area contributed by atoms with Crippen molar-refractivity contribution in [1.82, 2.24) is 9.97 Å². The topological polar surface area (TPSA) is 72.0 Å². The Morgan fingerprint density at radius 1 is 1.48 bits per heavy atom. The summed E-state index contributed by atoms with van der Waals surface area (Å²) in [5.41, 5.74) is 0.797. The molecular weight excluding hydrogens is 288 g/mol. The van der Waals surface area contributed by atoms with Crippen molar-refractivity contribution in [3.05, 3.63) is 26.6 Å². The van der Waals surface area contributed by atoms with E-state index in [2.05, 4.69) is 9.97 Å². The third-order valence-corrected chi connectivity index (χ3v) is 5.25. The van der Waals surface area contributed by atoms with Crippen LogP contribution in [0.1, 0.15) is 42.6 Å². The van der Waals surface area contributed by atoms with Crippen LogP contribution < -0.4 is 5.56 Å². The van der Waals surface area contributed by atoms with Gasteiger partial charge in [0.25, 0.3) is 5.56 Å². The number of nitrogens with zero attached hydrogens (tertiary/aromatic N) is 1. The Morgan fingerprint density at radius 3 is 2.76 bits per heavy atom. The van der Waals surface area contributed by atoms with E-state index < -0.39 is 6.10 Å². The van der Waals surface area contributed by atoms with E-state index in [0.29, 0.717) is 22.0 Å². The first-order valence-electron chi connectivity index (χ1n) is 7.09. The molecule has 0 amide bonds. The van der Waals surface area contributed by atoms with Crippen LogP contribution in [0.25, 0.3) is 10.2 Å². The summed E-state index contributed by atoms with van der Waals surface area (Å²) in [5, 5.41) is 0.635. The number of aromatic nitrogens is 2. The van der Waals surface area contributed by atoms with Gasteiger partial charge in [0.05, 0.1) is 11.3 Å². The van der Waals surface area contributed by atoms with Crippen LogP contribution in [0.2, 0.25) is 0 Å². The predicted molar refractivity (Wildman–Crippen MR) is 81.5 cm³/mol. The van der Waals surface area contributed by atoms with Gasteiger partial charge in [-0.25, -0.2) is 4.98 Å². The minimum atomic E-state index is -0.537. The van der Waals surface area contributed by atoms with E-state index >= 15 is 0 Å². The summed E-state index contributed by atoms with van der Waals surface area (Å²) in [6, 6.07) is 0. The third kappa shape index (κ3) is 2.48. The van der Waals surface area contributed by atoms with E-state index in [-0.39, 0.29) is 17.4 Å². The Balaban J connectivity index is 1.90. The number of thiophene rings is 1. The highest BCUT2D eigenvalue weighted by molar-refractivity contribution is 7.18. The molecule has 0 aliphatic heterocycles. The molecule has 1 N–H and O–H groups in total. The van der Waals surface area contributed by atoms with E-state index in [1.165, 1.54) is 11.3 Å². The molecule has 0 radical (unpaired) electrons. The number of ether oxygens (including phenoxy) is 1. The maximum atomic E-state index is 12.2. The van der Waals surface area contributed by atoms with Gasteiger partial charge in [-0.05, 0) is 38.7 Å². The lowest BCUT2D eigenvalue weighted by molar-refractivity contribution is -0.150. The van der Waals surface area contributed by atoms with Crippen LogP contribution in [0.3, 0.4) is 0 Å². The molecule has 21 heavy (non-hydrogen) atoms. The van der Waals surface area contributed by atoms with E-state index in [1.807, 2.05) is 20.8 Å². The van der Waals surface area contributed by atoms with Crippen molar-refractivity contribution in [3.63, 3.8) is 0 Å². The average Bonchev–Trinajstić information content (AvgIpc) is 3.07. The van der Waals surface area contributed by atoms with Crippen LogP contribution in [-0.2, 0) is 9.53 Å². The molecule has 0 spiro atoms. The normalized spacial score (nSPS) is 22.3. The molecule has 0 bridgehead atoms. The average molecular weight is 306 g/mol. The standard InChI is InChI=1S/C15H18N2O3S/c1-6-5-10(6)15(19)20-8(3)12-16-13(18)11-7(2)9(4)21-14(11)17-12/h6,8,10H,5H2,1-4H3,(H,16,17,18). The zero-order valence-electron chi connectivity index (χ0n) is 12.5. The number of esters is 1. The molecule has 6 heteroatoms. The lowest BCUT2D eigenvalue weighted by Gasteiger charge is -2.12. The number of carbonyl (C=O) groups is 1. The van der Waals surface area contributed by atoms with Gasteiger partial charge in [0.1, 0.15) is 4.83 Å². The highest BCUT2D eigenvalue weighted by atomic mass is 32.1. The summed E-state index contributed by atoms with van der Waals surface area (Å²) < 4.78 is 5.40. The summed E-state index contributed by atoms with van der Waals surface area (Å²) in [6.45, 7) is 7.66. The second kappa shape index (κ2) is 4.94. The maximum absolute atomic E-state index is 12.2. The fourth-order valence-corrected chi connectivity index (χ4v) is 3.47. The molecular formula is C15H18N2O3S. The van der Waals surface area contributed by atoms with Crippen LogP contribution in [0.15, 0.2) is 4.79 Å². The molecule has 2 aromatic rings. The number of hydrogen-bond donors (Lipinski definition) is 1. The lowest BCUT2D eigenvalue weighted by Crippen LogP contribution is -2.18. The van der Waals surface area contributed by atoms with Crippen LogP contribution in [0.4, 0.5) is 0 Å². The summed E-state index contributed by atoms with van der Waals surface area (Å²) in [7, 11) is 0. The summed E-state index contributed by atoms with van der Waals surface area (Å²) in [4.78, 5) is 33.0. The first kappa shape index (κ1) is 14.3. The van der Waals surface area contributed by atoms with E-state index in [9.17, 15) is 9.59 Å². The van der Waals surface area contributed by atoms with Gasteiger partial charge in [-0.3, -0.25) is 9.59 Å². The molecule has 1 saturated carbocycles. The molecule has 5 nitrogen and oxygen atoms in total. The Bertz CT molecular complexity index is 777. The van der Waals surface area contributed by atoms with Crippen molar-refractivity contribution < 1.29 is 9.53 Å². The van der Waals surface area contributed by atoms with Crippen LogP contribution in [0, 0.1) is 25.7 Å². The van der Waals surface area contributed by atoms with Gasteiger partial charge in [0.15, 0.2) is 11.9 Å². The highest BCUT2D eigenvalue weighted by Crippen LogP contribution is 2.39. The monoisotopic (exact) mass is 306 g/mol. The Labute approximate surface area is 126 Å². The summed E-state index contributed by atoms with van der Waals surface area (Å²) in [6.07, 6.45) is 0.350. The highest BCUT2D eigenvalue weighted by Gasteiger charge is 2.41. The van der Waals surface area contributed by atoms with Crippen molar-refractivity contribution in [2.45, 2.75) is 40.2 Å². The number of carbonyl (C=O) groups excluding carboxylic acids is 1. The minimum absolute atomic E-state index is 0.00845. The molecule has 1 aliphatic rings. The number of hydrogen-bond acceptors (Lipinski definition) is 5. The molecule has 2 aromatic heterocycles. The van der Waals surface area contributed by atoms with Gasteiger partial charge >= 0.3 is 5.97 Å². The number of rotatable bonds is 3. The number of fused-ring (bicyclic) bond motifs is 1. The predicted octanol–water partition coefficient (Wildman–Crippen LogP) is 2.86. The van der Waals surface area contributed by atoms with Gasteiger partial charge in [-0.15, -0.1) is 11.3 Å². The van der Waals surface area contributed by atoms with Gasteiger partial charge in [-0.1, -0.05) is 6.92 Å². The number of H-pyrrole nitrogens is 1. The molecule has 1 fully saturated rings. The van der Waals surface area contributed by atoms with E-state index in [1.54, 1.807) is 6.92 Å². The van der Waals surface area contributed by atoms with Crippen LogP contribution >= 0.6 is 11.3 Å². The van der Waals surface area contributed by atoms with Crippen LogP contribution in [0.5, 0.6) is 0 Å². The minimum Gasteiger partial charge on any atom is -0.454 e. The smallest absolute Gasteiger partial charge is 0.309 e. The van der Waals surface area contributed by atoms with Gasteiger partial charge < -0.3 is 9.72 Å². The molecule has 112 valence electrons. The Hall–Kier alpha value is -1.69. The number of aryl methyl sites for hydroxylation is 2. The summed E-state index contributed by atoms with van der Waals surface area (Å²) in [5.74, 6) is 0.627. The molecule has 0 saturated heterocycles. The molecule has 3 unspecified atom stereocenters.